The Morgan fingerprint density at radius 1 is 1.32 bits per heavy atom. The maximum Gasteiger partial charge on any atom is 0.243 e. The van der Waals surface area contributed by atoms with Gasteiger partial charge in [0, 0.05) is 14.1 Å². The predicted octanol–water partition coefficient (Wildman–Crippen LogP) is 1.89. The van der Waals surface area contributed by atoms with Crippen molar-refractivity contribution in [1.82, 2.24) is 14.1 Å². The fraction of sp³-hybridized carbons (Fsp3) is 0.250. The number of halogens is 1. The Bertz CT molecular complexity index is 648. The summed E-state index contributed by atoms with van der Waals surface area (Å²) in [7, 11) is -0.269. The average molecular weight is 300 g/mol. The molecule has 0 unspecified atom stereocenters. The quantitative estimate of drug-likeness (QED) is 0.866. The molecule has 0 aliphatic rings. The Kier molecular flexibility index (Phi) is 3.93. The van der Waals surface area contributed by atoms with Crippen LogP contribution in [0.15, 0.2) is 41.4 Å². The van der Waals surface area contributed by atoms with Crippen LogP contribution >= 0.6 is 11.6 Å². The van der Waals surface area contributed by atoms with Crippen molar-refractivity contribution in [1.29, 1.82) is 0 Å². The smallest absolute Gasteiger partial charge is 0.243 e. The van der Waals surface area contributed by atoms with Gasteiger partial charge in [0.15, 0.2) is 0 Å². The second kappa shape index (κ2) is 5.32. The van der Waals surface area contributed by atoms with Gasteiger partial charge in [-0.3, -0.25) is 4.68 Å². The van der Waals surface area contributed by atoms with E-state index in [4.69, 9.17) is 11.6 Å². The maximum atomic E-state index is 12.3. The van der Waals surface area contributed by atoms with Gasteiger partial charge in [-0.05, 0) is 12.1 Å². The number of sulfonamides is 1. The second-order valence-electron chi connectivity index (χ2n) is 4.14. The molecule has 0 amide bonds. The first-order valence-corrected chi connectivity index (χ1v) is 7.42. The van der Waals surface area contributed by atoms with Gasteiger partial charge in [-0.2, -0.15) is 9.40 Å². The Morgan fingerprint density at radius 3 is 2.47 bits per heavy atom. The van der Waals surface area contributed by atoms with Crippen molar-refractivity contribution in [2.24, 2.45) is 7.05 Å². The number of nitrogens with zero attached hydrogens (tertiary/aromatic N) is 3. The third-order valence-corrected chi connectivity index (χ3v) is 4.97. The largest absolute Gasteiger partial charge is 0.270 e. The lowest BCUT2D eigenvalue weighted by atomic mass is 10.4. The van der Waals surface area contributed by atoms with Gasteiger partial charge >= 0.3 is 0 Å². The average Bonchev–Trinajstić information content (AvgIpc) is 2.71. The van der Waals surface area contributed by atoms with Crippen molar-refractivity contribution in [2.75, 3.05) is 7.05 Å². The van der Waals surface area contributed by atoms with Crippen LogP contribution in [-0.4, -0.2) is 29.6 Å². The van der Waals surface area contributed by atoms with Crippen LogP contribution in [-0.2, 0) is 23.6 Å². The first-order chi connectivity index (χ1) is 8.93. The van der Waals surface area contributed by atoms with Crippen LogP contribution in [0.25, 0.3) is 0 Å². The van der Waals surface area contributed by atoms with Gasteiger partial charge in [0.2, 0.25) is 10.0 Å². The summed E-state index contributed by atoms with van der Waals surface area (Å²) in [5.74, 6) is 0. The fourth-order valence-corrected chi connectivity index (χ4v) is 3.06. The summed E-state index contributed by atoms with van der Waals surface area (Å²) in [5.41, 5.74) is 0.656. The number of rotatable bonds is 4. The summed E-state index contributed by atoms with van der Waals surface area (Å²) in [6.07, 6.45) is 1.50. The molecule has 102 valence electrons. The van der Waals surface area contributed by atoms with Crippen molar-refractivity contribution in [3.05, 3.63) is 47.2 Å². The summed E-state index contributed by atoms with van der Waals surface area (Å²) in [6.45, 7) is 0.173. The van der Waals surface area contributed by atoms with Crippen LogP contribution in [0, 0.1) is 0 Å². The molecule has 0 saturated carbocycles. The molecule has 0 spiro atoms. The summed E-state index contributed by atoms with van der Waals surface area (Å²) < 4.78 is 27.5. The molecule has 0 saturated heterocycles. The molecule has 0 aliphatic heterocycles. The summed E-state index contributed by atoms with van der Waals surface area (Å²) in [6, 6.07) is 8.29. The second-order valence-corrected chi connectivity index (χ2v) is 6.59. The molecule has 0 radical (unpaired) electrons. The van der Waals surface area contributed by atoms with E-state index in [-0.39, 0.29) is 11.4 Å². The van der Waals surface area contributed by atoms with Gasteiger partial charge in [-0.1, -0.05) is 29.8 Å². The zero-order valence-corrected chi connectivity index (χ0v) is 12.2. The Balaban J connectivity index is 2.28. The fourth-order valence-electron chi connectivity index (χ4n) is 1.68. The van der Waals surface area contributed by atoms with Crippen LogP contribution in [0.2, 0.25) is 5.02 Å². The van der Waals surface area contributed by atoms with E-state index in [1.807, 2.05) is 0 Å². The highest BCUT2D eigenvalue weighted by Gasteiger charge is 2.22. The van der Waals surface area contributed by atoms with Crippen molar-refractivity contribution >= 4 is 21.6 Å². The van der Waals surface area contributed by atoms with Crippen LogP contribution < -0.4 is 0 Å². The molecule has 0 bridgehead atoms. The molecule has 0 N–H and O–H groups in total. The Hall–Kier alpha value is -1.37. The van der Waals surface area contributed by atoms with Gasteiger partial charge in [0.1, 0.15) is 0 Å². The van der Waals surface area contributed by atoms with E-state index < -0.39 is 10.0 Å². The first kappa shape index (κ1) is 14.0. The standard InChI is InChI=1S/C12H14ClN3O2S/c1-15(9-12-11(13)8-14-16(12)2)19(17,18)10-6-4-3-5-7-10/h3-8H,9H2,1-2H3. The lowest BCUT2D eigenvalue weighted by molar-refractivity contribution is 0.453. The molecule has 0 atom stereocenters. The first-order valence-electron chi connectivity index (χ1n) is 5.60. The number of hydrogen-bond donors (Lipinski definition) is 0. The molecular weight excluding hydrogens is 286 g/mol. The summed E-state index contributed by atoms with van der Waals surface area (Å²) in [4.78, 5) is 0.260. The van der Waals surface area contributed by atoms with E-state index >= 15 is 0 Å². The number of hydrogen-bond acceptors (Lipinski definition) is 3. The predicted molar refractivity (Wildman–Crippen MR) is 73.3 cm³/mol. The van der Waals surface area contributed by atoms with Gasteiger partial charge in [-0.25, -0.2) is 8.42 Å². The normalized spacial score (nSPS) is 12.0. The van der Waals surface area contributed by atoms with Crippen molar-refractivity contribution < 1.29 is 8.42 Å². The number of benzene rings is 1. The highest BCUT2D eigenvalue weighted by molar-refractivity contribution is 7.89. The van der Waals surface area contributed by atoms with Crippen molar-refractivity contribution in [3.63, 3.8) is 0 Å². The van der Waals surface area contributed by atoms with Crippen LogP contribution in [0.5, 0.6) is 0 Å². The summed E-state index contributed by atoms with van der Waals surface area (Å²) in [5, 5.41) is 4.44. The van der Waals surface area contributed by atoms with E-state index in [1.165, 1.54) is 17.5 Å². The SMILES string of the molecule is CN(Cc1c(Cl)cnn1C)S(=O)(=O)c1ccccc1. The van der Waals surface area contributed by atoms with E-state index in [2.05, 4.69) is 5.10 Å². The Morgan fingerprint density at radius 2 is 1.95 bits per heavy atom. The molecule has 5 nitrogen and oxygen atoms in total. The van der Waals surface area contributed by atoms with Gasteiger partial charge in [0.25, 0.3) is 0 Å². The van der Waals surface area contributed by atoms with Crippen LogP contribution in [0.1, 0.15) is 5.69 Å². The lowest BCUT2D eigenvalue weighted by Crippen LogP contribution is -2.27. The monoisotopic (exact) mass is 299 g/mol. The topological polar surface area (TPSA) is 55.2 Å². The number of aromatic nitrogens is 2. The molecule has 19 heavy (non-hydrogen) atoms. The zero-order chi connectivity index (χ0) is 14.0. The van der Waals surface area contributed by atoms with E-state index in [9.17, 15) is 8.42 Å². The lowest BCUT2D eigenvalue weighted by Gasteiger charge is -2.17. The maximum absolute atomic E-state index is 12.3. The molecule has 1 aromatic heterocycles. The molecular formula is C12H14ClN3O2S. The molecule has 0 fully saturated rings. The molecule has 1 aromatic carbocycles. The van der Waals surface area contributed by atoms with Gasteiger partial charge in [-0.15, -0.1) is 0 Å². The number of aryl methyl sites for hydroxylation is 1. The van der Waals surface area contributed by atoms with E-state index in [0.717, 1.165) is 0 Å². The third-order valence-electron chi connectivity index (χ3n) is 2.83. The summed E-state index contributed by atoms with van der Waals surface area (Å²) >= 11 is 5.98. The Labute approximate surface area is 117 Å². The highest BCUT2D eigenvalue weighted by Crippen LogP contribution is 2.20. The minimum atomic E-state index is -3.52. The van der Waals surface area contributed by atoms with Gasteiger partial charge < -0.3 is 0 Å². The highest BCUT2D eigenvalue weighted by atomic mass is 35.5. The third kappa shape index (κ3) is 2.80. The van der Waals surface area contributed by atoms with E-state index in [1.54, 1.807) is 42.1 Å². The van der Waals surface area contributed by atoms with E-state index in [0.29, 0.717) is 10.7 Å². The molecule has 1 heterocycles. The zero-order valence-electron chi connectivity index (χ0n) is 10.6. The van der Waals surface area contributed by atoms with Crippen molar-refractivity contribution in [3.8, 4) is 0 Å². The van der Waals surface area contributed by atoms with Crippen LogP contribution in [0.3, 0.4) is 0 Å². The minimum Gasteiger partial charge on any atom is -0.270 e. The van der Waals surface area contributed by atoms with Crippen LogP contribution in [0.4, 0.5) is 0 Å². The van der Waals surface area contributed by atoms with Gasteiger partial charge in [0.05, 0.1) is 28.4 Å². The van der Waals surface area contributed by atoms with Crippen molar-refractivity contribution in [2.45, 2.75) is 11.4 Å². The molecule has 2 rings (SSSR count). The molecule has 7 heteroatoms. The molecule has 0 aliphatic carbocycles. The molecule has 2 aromatic rings. The minimum absolute atomic E-state index is 0.173.